The number of ether oxygens (including phenoxy) is 2. The molecule has 2 aromatic rings. The molecule has 0 atom stereocenters. The molecule has 5 heteroatoms. The van der Waals surface area contributed by atoms with Crippen LogP contribution in [-0.4, -0.2) is 13.2 Å². The highest BCUT2D eigenvalue weighted by molar-refractivity contribution is 6.37. The first-order valence-corrected chi connectivity index (χ1v) is 6.89. The number of aryl methyl sites for hydroxylation is 1. The Balaban J connectivity index is 1.88. The molecule has 0 amide bonds. The smallest absolute Gasteiger partial charge is 0.156 e. The first-order chi connectivity index (χ1) is 9.58. The molecule has 0 bridgehead atoms. The van der Waals surface area contributed by atoms with Crippen molar-refractivity contribution in [2.45, 2.75) is 6.92 Å². The lowest BCUT2D eigenvalue weighted by Gasteiger charge is -2.12. The number of rotatable bonds is 5. The number of hydrogen-bond acceptors (Lipinski definition) is 3. The zero-order valence-corrected chi connectivity index (χ0v) is 12.5. The van der Waals surface area contributed by atoms with Gasteiger partial charge in [0.05, 0.1) is 10.0 Å². The van der Waals surface area contributed by atoms with Gasteiger partial charge in [-0.3, -0.25) is 0 Å². The molecule has 0 saturated carbocycles. The molecule has 20 heavy (non-hydrogen) atoms. The summed E-state index contributed by atoms with van der Waals surface area (Å²) >= 11 is 12.0. The van der Waals surface area contributed by atoms with Crippen molar-refractivity contribution in [2.75, 3.05) is 18.9 Å². The van der Waals surface area contributed by atoms with Gasteiger partial charge >= 0.3 is 0 Å². The molecule has 0 aliphatic heterocycles. The number of nitrogens with two attached hydrogens (primary N) is 1. The molecule has 2 N–H and O–H groups in total. The van der Waals surface area contributed by atoms with Crippen LogP contribution >= 0.6 is 23.2 Å². The van der Waals surface area contributed by atoms with Crippen molar-refractivity contribution in [2.24, 2.45) is 0 Å². The fourth-order valence-corrected chi connectivity index (χ4v) is 2.26. The highest BCUT2D eigenvalue weighted by Gasteiger charge is 2.06. The number of para-hydroxylation sites is 1. The second-order valence-electron chi connectivity index (χ2n) is 4.27. The van der Waals surface area contributed by atoms with E-state index in [0.717, 1.165) is 11.3 Å². The first kappa shape index (κ1) is 14.8. The van der Waals surface area contributed by atoms with Crippen LogP contribution in [0.4, 0.5) is 5.69 Å². The quantitative estimate of drug-likeness (QED) is 0.660. The molecule has 0 fully saturated rings. The molecule has 0 radical (unpaired) electrons. The van der Waals surface area contributed by atoms with E-state index >= 15 is 0 Å². The fourth-order valence-electron chi connectivity index (χ4n) is 1.75. The van der Waals surface area contributed by atoms with E-state index in [-0.39, 0.29) is 0 Å². The van der Waals surface area contributed by atoms with Gasteiger partial charge in [-0.15, -0.1) is 0 Å². The number of hydrogen-bond donors (Lipinski definition) is 1. The first-order valence-electron chi connectivity index (χ1n) is 6.13. The molecule has 0 aliphatic rings. The molecule has 0 heterocycles. The monoisotopic (exact) mass is 311 g/mol. The van der Waals surface area contributed by atoms with Gasteiger partial charge in [0.2, 0.25) is 0 Å². The summed E-state index contributed by atoms with van der Waals surface area (Å²) < 4.78 is 11.2. The van der Waals surface area contributed by atoms with Crippen molar-refractivity contribution >= 4 is 28.9 Å². The largest absolute Gasteiger partial charge is 0.490 e. The lowest BCUT2D eigenvalue weighted by atomic mass is 10.2. The maximum atomic E-state index is 6.00. The SMILES string of the molecule is Cc1cc(N)ccc1OCCOc1c(Cl)cccc1Cl. The van der Waals surface area contributed by atoms with Crippen molar-refractivity contribution in [1.82, 2.24) is 0 Å². The van der Waals surface area contributed by atoms with Crippen molar-refractivity contribution in [3.8, 4) is 11.5 Å². The number of nitrogen functional groups attached to an aromatic ring is 1. The van der Waals surface area contributed by atoms with E-state index in [1.165, 1.54) is 0 Å². The van der Waals surface area contributed by atoms with Gasteiger partial charge in [0.1, 0.15) is 19.0 Å². The van der Waals surface area contributed by atoms with E-state index in [1.54, 1.807) is 24.3 Å². The molecule has 0 aromatic heterocycles. The van der Waals surface area contributed by atoms with Crippen LogP contribution in [0.1, 0.15) is 5.56 Å². The normalized spacial score (nSPS) is 10.3. The summed E-state index contributed by atoms with van der Waals surface area (Å²) in [6.07, 6.45) is 0. The Bertz CT molecular complexity index is 582. The summed E-state index contributed by atoms with van der Waals surface area (Å²) in [6.45, 7) is 2.69. The number of benzene rings is 2. The Kier molecular flexibility index (Phi) is 4.99. The third-order valence-corrected chi connectivity index (χ3v) is 3.30. The van der Waals surface area contributed by atoms with E-state index in [9.17, 15) is 0 Å². The van der Waals surface area contributed by atoms with Crippen LogP contribution < -0.4 is 15.2 Å². The lowest BCUT2D eigenvalue weighted by molar-refractivity contribution is 0.216. The van der Waals surface area contributed by atoms with Crippen LogP contribution in [0, 0.1) is 6.92 Å². The van der Waals surface area contributed by atoms with Crippen LogP contribution in [0.3, 0.4) is 0 Å². The molecule has 106 valence electrons. The van der Waals surface area contributed by atoms with Crippen molar-refractivity contribution < 1.29 is 9.47 Å². The maximum absolute atomic E-state index is 6.00. The van der Waals surface area contributed by atoms with Crippen LogP contribution in [-0.2, 0) is 0 Å². The van der Waals surface area contributed by atoms with Crippen LogP contribution in [0.15, 0.2) is 36.4 Å². The minimum atomic E-state index is 0.354. The van der Waals surface area contributed by atoms with Gasteiger partial charge in [0.15, 0.2) is 5.75 Å². The highest BCUT2D eigenvalue weighted by Crippen LogP contribution is 2.32. The van der Waals surface area contributed by atoms with Crippen molar-refractivity contribution in [3.05, 3.63) is 52.0 Å². The average molecular weight is 312 g/mol. The van der Waals surface area contributed by atoms with Gasteiger partial charge in [-0.2, -0.15) is 0 Å². The van der Waals surface area contributed by atoms with Crippen LogP contribution in [0.25, 0.3) is 0 Å². The Morgan fingerprint density at radius 2 is 1.65 bits per heavy atom. The van der Waals surface area contributed by atoms with Crippen molar-refractivity contribution in [1.29, 1.82) is 0 Å². The molecule has 0 spiro atoms. The summed E-state index contributed by atoms with van der Waals surface area (Å²) in [4.78, 5) is 0. The minimum absolute atomic E-state index is 0.354. The summed E-state index contributed by atoms with van der Waals surface area (Å²) in [6, 6.07) is 10.7. The number of halogens is 2. The summed E-state index contributed by atoms with van der Waals surface area (Å²) in [5.74, 6) is 1.27. The molecular formula is C15H15Cl2NO2. The summed E-state index contributed by atoms with van der Waals surface area (Å²) in [5, 5.41) is 0.974. The number of anilines is 1. The van der Waals surface area contributed by atoms with Crippen LogP contribution in [0.5, 0.6) is 11.5 Å². The van der Waals surface area contributed by atoms with Gasteiger partial charge in [0, 0.05) is 5.69 Å². The predicted octanol–water partition coefficient (Wildman–Crippen LogP) is 4.34. The van der Waals surface area contributed by atoms with Gasteiger partial charge in [-0.25, -0.2) is 0 Å². The van der Waals surface area contributed by atoms with Gasteiger partial charge < -0.3 is 15.2 Å². The summed E-state index contributed by atoms with van der Waals surface area (Å²) in [5.41, 5.74) is 7.39. The van der Waals surface area contributed by atoms with Gasteiger partial charge in [-0.1, -0.05) is 29.3 Å². The molecule has 2 rings (SSSR count). The Morgan fingerprint density at radius 3 is 2.30 bits per heavy atom. The van der Waals surface area contributed by atoms with E-state index in [2.05, 4.69) is 0 Å². The van der Waals surface area contributed by atoms with Crippen molar-refractivity contribution in [3.63, 3.8) is 0 Å². The van der Waals surface area contributed by atoms with E-state index in [1.807, 2.05) is 19.1 Å². The van der Waals surface area contributed by atoms with Crippen LogP contribution in [0.2, 0.25) is 10.0 Å². The van der Waals surface area contributed by atoms with E-state index in [4.69, 9.17) is 38.4 Å². The Hall–Kier alpha value is -1.58. The third-order valence-electron chi connectivity index (χ3n) is 2.71. The standard InChI is InChI=1S/C15H15Cl2NO2/c1-10-9-11(18)5-6-14(10)19-7-8-20-15-12(16)3-2-4-13(15)17/h2-6,9H,7-8,18H2,1H3. The highest BCUT2D eigenvalue weighted by atomic mass is 35.5. The summed E-state index contributed by atoms with van der Waals surface area (Å²) in [7, 11) is 0. The average Bonchev–Trinajstić information content (AvgIpc) is 2.39. The predicted molar refractivity (Wildman–Crippen MR) is 83.0 cm³/mol. The third kappa shape index (κ3) is 3.71. The zero-order chi connectivity index (χ0) is 14.5. The topological polar surface area (TPSA) is 44.5 Å². The molecule has 2 aromatic carbocycles. The Labute approximate surface area is 128 Å². The Morgan fingerprint density at radius 1 is 1.00 bits per heavy atom. The molecule has 3 nitrogen and oxygen atoms in total. The fraction of sp³-hybridized carbons (Fsp3) is 0.200. The second kappa shape index (κ2) is 6.73. The second-order valence-corrected chi connectivity index (χ2v) is 5.09. The molecule has 0 aliphatic carbocycles. The molecule has 0 saturated heterocycles. The van der Waals surface area contributed by atoms with E-state index < -0.39 is 0 Å². The maximum Gasteiger partial charge on any atom is 0.156 e. The van der Waals surface area contributed by atoms with E-state index in [0.29, 0.717) is 34.7 Å². The lowest BCUT2D eigenvalue weighted by Crippen LogP contribution is -2.10. The molecule has 0 unspecified atom stereocenters. The van der Waals surface area contributed by atoms with Gasteiger partial charge in [-0.05, 0) is 42.8 Å². The molecular weight excluding hydrogens is 297 g/mol. The minimum Gasteiger partial charge on any atom is -0.490 e. The zero-order valence-electron chi connectivity index (χ0n) is 11.0. The van der Waals surface area contributed by atoms with Gasteiger partial charge in [0.25, 0.3) is 0 Å².